The van der Waals surface area contributed by atoms with Crippen LogP contribution in [0.4, 0.5) is 5.69 Å². The minimum atomic E-state index is 0.246. The molecule has 1 aliphatic rings. The molecule has 0 amide bonds. The van der Waals surface area contributed by atoms with E-state index >= 15 is 0 Å². The van der Waals surface area contributed by atoms with Crippen molar-refractivity contribution in [2.24, 2.45) is 10.4 Å². The third-order valence-corrected chi connectivity index (χ3v) is 3.12. The lowest BCUT2D eigenvalue weighted by molar-refractivity contribution is 0.337. The standard InChI is InChI=1S/C14H20N2/c1-11-5-7-12(8-6-11)16-9-13(15-10-16)14(2,3)4/h5-8,10,13H,9H2,1-4H3/t13-/m0/s1. The smallest absolute Gasteiger partial charge is 0.0899 e. The van der Waals surface area contributed by atoms with Gasteiger partial charge in [0.15, 0.2) is 0 Å². The van der Waals surface area contributed by atoms with Crippen molar-refractivity contribution in [3.8, 4) is 0 Å². The van der Waals surface area contributed by atoms with E-state index in [4.69, 9.17) is 0 Å². The topological polar surface area (TPSA) is 15.6 Å². The van der Waals surface area contributed by atoms with Gasteiger partial charge in [0, 0.05) is 12.2 Å². The summed E-state index contributed by atoms with van der Waals surface area (Å²) in [6, 6.07) is 9.01. The lowest BCUT2D eigenvalue weighted by Crippen LogP contribution is -2.31. The van der Waals surface area contributed by atoms with Crippen LogP contribution in [0.25, 0.3) is 0 Å². The normalized spacial score (nSPS) is 20.5. The molecule has 16 heavy (non-hydrogen) atoms. The summed E-state index contributed by atoms with van der Waals surface area (Å²) in [4.78, 5) is 6.82. The zero-order valence-electron chi connectivity index (χ0n) is 10.6. The predicted molar refractivity (Wildman–Crippen MR) is 70.3 cm³/mol. The van der Waals surface area contributed by atoms with Crippen LogP contribution in [0, 0.1) is 12.3 Å². The van der Waals surface area contributed by atoms with Crippen molar-refractivity contribution in [1.29, 1.82) is 0 Å². The summed E-state index contributed by atoms with van der Waals surface area (Å²) in [6.07, 6.45) is 1.97. The second-order valence-corrected chi connectivity index (χ2v) is 5.63. The Hall–Kier alpha value is -1.31. The molecule has 1 aromatic rings. The zero-order valence-corrected chi connectivity index (χ0v) is 10.6. The highest BCUT2D eigenvalue weighted by molar-refractivity contribution is 5.81. The highest BCUT2D eigenvalue weighted by Crippen LogP contribution is 2.28. The van der Waals surface area contributed by atoms with Crippen LogP contribution in [-0.4, -0.2) is 18.9 Å². The molecular formula is C14H20N2. The number of hydrogen-bond acceptors (Lipinski definition) is 2. The first-order chi connectivity index (χ1) is 7.47. The fourth-order valence-corrected chi connectivity index (χ4v) is 1.85. The molecule has 0 saturated heterocycles. The van der Waals surface area contributed by atoms with Crippen molar-refractivity contribution < 1.29 is 0 Å². The zero-order chi connectivity index (χ0) is 11.8. The van der Waals surface area contributed by atoms with Crippen LogP contribution < -0.4 is 4.90 Å². The van der Waals surface area contributed by atoms with Gasteiger partial charge in [0.05, 0.1) is 12.4 Å². The third-order valence-electron chi connectivity index (χ3n) is 3.12. The van der Waals surface area contributed by atoms with Gasteiger partial charge in [0.25, 0.3) is 0 Å². The summed E-state index contributed by atoms with van der Waals surface area (Å²) >= 11 is 0. The highest BCUT2D eigenvalue weighted by atomic mass is 15.2. The first-order valence-electron chi connectivity index (χ1n) is 5.83. The van der Waals surface area contributed by atoms with Gasteiger partial charge in [-0.2, -0.15) is 0 Å². The maximum Gasteiger partial charge on any atom is 0.0899 e. The fourth-order valence-electron chi connectivity index (χ4n) is 1.85. The lowest BCUT2D eigenvalue weighted by atomic mass is 9.87. The quantitative estimate of drug-likeness (QED) is 0.703. The summed E-state index contributed by atoms with van der Waals surface area (Å²) < 4.78 is 0. The van der Waals surface area contributed by atoms with Gasteiger partial charge in [0.1, 0.15) is 0 Å². The Kier molecular flexibility index (Phi) is 2.75. The van der Waals surface area contributed by atoms with Crippen LogP contribution in [0.3, 0.4) is 0 Å². The van der Waals surface area contributed by atoms with Crippen molar-refractivity contribution in [3.63, 3.8) is 0 Å². The van der Waals surface area contributed by atoms with Crippen LogP contribution in [0.1, 0.15) is 26.3 Å². The van der Waals surface area contributed by atoms with E-state index in [1.54, 1.807) is 0 Å². The van der Waals surface area contributed by atoms with E-state index in [0.717, 1.165) is 6.54 Å². The highest BCUT2D eigenvalue weighted by Gasteiger charge is 2.29. The Morgan fingerprint density at radius 1 is 1.19 bits per heavy atom. The summed E-state index contributed by atoms with van der Waals surface area (Å²) in [5.41, 5.74) is 2.78. The van der Waals surface area contributed by atoms with Crippen molar-refractivity contribution in [2.45, 2.75) is 33.7 Å². The largest absolute Gasteiger partial charge is 0.331 e. The molecule has 0 aromatic heterocycles. The Morgan fingerprint density at radius 3 is 2.31 bits per heavy atom. The van der Waals surface area contributed by atoms with E-state index < -0.39 is 0 Å². The molecule has 0 aliphatic carbocycles. The molecule has 2 nitrogen and oxygen atoms in total. The number of benzene rings is 1. The first kappa shape index (κ1) is 11.2. The molecule has 2 rings (SSSR count). The van der Waals surface area contributed by atoms with Crippen LogP contribution in [0.5, 0.6) is 0 Å². The first-order valence-corrected chi connectivity index (χ1v) is 5.83. The van der Waals surface area contributed by atoms with E-state index in [9.17, 15) is 0 Å². The van der Waals surface area contributed by atoms with Crippen LogP contribution in [-0.2, 0) is 0 Å². The number of anilines is 1. The second kappa shape index (κ2) is 3.93. The average Bonchev–Trinajstić information content (AvgIpc) is 2.67. The Labute approximate surface area is 98.0 Å². The van der Waals surface area contributed by atoms with Gasteiger partial charge in [-0.1, -0.05) is 38.5 Å². The number of rotatable bonds is 1. The van der Waals surface area contributed by atoms with Crippen molar-refractivity contribution in [1.82, 2.24) is 0 Å². The predicted octanol–water partition coefficient (Wildman–Crippen LogP) is 3.26. The van der Waals surface area contributed by atoms with Crippen molar-refractivity contribution >= 4 is 12.0 Å². The minimum absolute atomic E-state index is 0.246. The molecule has 0 unspecified atom stereocenters. The summed E-state index contributed by atoms with van der Waals surface area (Å²) in [5, 5.41) is 0. The Bertz CT molecular complexity index is 384. The molecule has 0 bridgehead atoms. The molecule has 0 saturated carbocycles. The third kappa shape index (κ3) is 2.26. The molecule has 86 valence electrons. The summed E-state index contributed by atoms with van der Waals surface area (Å²) in [6.45, 7) is 9.83. The van der Waals surface area contributed by atoms with Gasteiger partial charge in [-0.15, -0.1) is 0 Å². The van der Waals surface area contributed by atoms with Crippen LogP contribution in [0.15, 0.2) is 29.3 Å². The molecule has 1 heterocycles. The molecule has 0 fully saturated rings. The van der Waals surface area contributed by atoms with Gasteiger partial charge in [0.2, 0.25) is 0 Å². The van der Waals surface area contributed by atoms with E-state index in [-0.39, 0.29) is 5.41 Å². The fraction of sp³-hybridized carbons (Fsp3) is 0.500. The Morgan fingerprint density at radius 2 is 1.81 bits per heavy atom. The van der Waals surface area contributed by atoms with Crippen LogP contribution in [0.2, 0.25) is 0 Å². The summed E-state index contributed by atoms with van der Waals surface area (Å²) in [5.74, 6) is 0. The SMILES string of the molecule is Cc1ccc(N2C=N[C@H](C(C)(C)C)C2)cc1. The van der Waals surface area contributed by atoms with E-state index in [2.05, 4.69) is 61.9 Å². The second-order valence-electron chi connectivity index (χ2n) is 5.63. The van der Waals surface area contributed by atoms with Crippen molar-refractivity contribution in [2.75, 3.05) is 11.4 Å². The lowest BCUT2D eigenvalue weighted by Gasteiger charge is -2.25. The molecule has 0 spiro atoms. The monoisotopic (exact) mass is 216 g/mol. The van der Waals surface area contributed by atoms with Gasteiger partial charge in [-0.05, 0) is 24.5 Å². The Balaban J connectivity index is 2.10. The number of nitrogens with zero attached hydrogens (tertiary/aromatic N) is 2. The van der Waals surface area contributed by atoms with E-state index in [0.29, 0.717) is 6.04 Å². The summed E-state index contributed by atoms with van der Waals surface area (Å²) in [7, 11) is 0. The maximum absolute atomic E-state index is 4.59. The number of aryl methyl sites for hydroxylation is 1. The minimum Gasteiger partial charge on any atom is -0.331 e. The molecule has 0 radical (unpaired) electrons. The molecule has 0 N–H and O–H groups in total. The van der Waals surface area contributed by atoms with Crippen molar-refractivity contribution in [3.05, 3.63) is 29.8 Å². The number of hydrogen-bond donors (Lipinski definition) is 0. The number of aliphatic imine (C=N–C) groups is 1. The molecule has 1 atom stereocenters. The molecule has 1 aromatic carbocycles. The van der Waals surface area contributed by atoms with E-state index in [1.807, 2.05) is 6.34 Å². The van der Waals surface area contributed by atoms with Crippen LogP contribution >= 0.6 is 0 Å². The van der Waals surface area contributed by atoms with Gasteiger partial charge in [-0.25, -0.2) is 0 Å². The van der Waals surface area contributed by atoms with Gasteiger partial charge >= 0.3 is 0 Å². The van der Waals surface area contributed by atoms with E-state index in [1.165, 1.54) is 11.3 Å². The van der Waals surface area contributed by atoms with Gasteiger partial charge in [-0.3, -0.25) is 4.99 Å². The molecule has 1 aliphatic heterocycles. The van der Waals surface area contributed by atoms with Gasteiger partial charge < -0.3 is 4.90 Å². The maximum atomic E-state index is 4.59. The average molecular weight is 216 g/mol. The molecule has 2 heteroatoms. The molecular weight excluding hydrogens is 196 g/mol.